The van der Waals surface area contributed by atoms with Crippen LogP contribution < -0.4 is 10.7 Å². The van der Waals surface area contributed by atoms with Crippen LogP contribution in [0.3, 0.4) is 0 Å². The van der Waals surface area contributed by atoms with E-state index in [1.54, 1.807) is 39.3 Å². The van der Waals surface area contributed by atoms with E-state index in [-0.39, 0.29) is 34.3 Å². The molecule has 2 atom stereocenters. The number of carbonyl (C=O) groups is 1. The van der Waals surface area contributed by atoms with Gasteiger partial charge >= 0.3 is 27.0 Å². The fourth-order valence-corrected chi connectivity index (χ4v) is 3.66. The second-order valence-electron chi connectivity index (χ2n) is 7.29. The number of ketones is 1. The van der Waals surface area contributed by atoms with Gasteiger partial charge in [0.2, 0.25) is 0 Å². The van der Waals surface area contributed by atoms with Crippen molar-refractivity contribution >= 4 is 21.2 Å². The molecule has 1 saturated carbocycles. The number of aryl methyl sites for hydroxylation is 1. The molecule has 0 aliphatic heterocycles. The zero-order valence-corrected chi connectivity index (χ0v) is 20.6. The molecule has 8 nitrogen and oxygen atoms in total. The summed E-state index contributed by atoms with van der Waals surface area (Å²) in [5.41, 5.74) is 0.748. The molecule has 1 aromatic rings. The van der Waals surface area contributed by atoms with Gasteiger partial charge in [-0.1, -0.05) is 12.8 Å². The van der Waals surface area contributed by atoms with Crippen molar-refractivity contribution in [3.05, 3.63) is 63.4 Å². The first-order valence-corrected chi connectivity index (χ1v) is 12.1. The van der Waals surface area contributed by atoms with Crippen LogP contribution in [0.1, 0.15) is 43.9 Å². The van der Waals surface area contributed by atoms with Crippen LogP contribution in [0.4, 0.5) is 0 Å². The zero-order valence-electron chi connectivity index (χ0n) is 18.1. The van der Waals surface area contributed by atoms with Gasteiger partial charge in [-0.15, -0.1) is 0 Å². The first-order valence-electron chi connectivity index (χ1n) is 9.85. The third-order valence-electron chi connectivity index (χ3n) is 5.17. The predicted molar refractivity (Wildman–Crippen MR) is 120 cm³/mol. The fourth-order valence-electron chi connectivity index (χ4n) is 3.66. The molecule has 177 valence electrons. The molecule has 0 bridgehead atoms. The molecule has 32 heavy (non-hydrogen) atoms. The molecular formula is C22H28ClN2O6Ru. The Hall–Kier alpha value is -2.22. The number of aliphatic imine (C=N–C) groups is 1. The number of ether oxygens (including phenoxy) is 1. The van der Waals surface area contributed by atoms with Crippen LogP contribution in [0, 0.1) is 6.92 Å². The van der Waals surface area contributed by atoms with Crippen molar-refractivity contribution in [2.24, 2.45) is 4.99 Å². The van der Waals surface area contributed by atoms with Gasteiger partial charge in [-0.05, 0) is 44.9 Å². The van der Waals surface area contributed by atoms with E-state index in [0.717, 1.165) is 25.7 Å². The van der Waals surface area contributed by atoms with Crippen molar-refractivity contribution in [3.63, 3.8) is 0 Å². The van der Waals surface area contributed by atoms with Crippen LogP contribution in [0.15, 0.2) is 56.0 Å². The molecule has 0 unspecified atom stereocenters. The SMILES string of the molecule is COC1=C/C(=C/N[C@@H]2CCCC[C@H]2N=C(C)c2c(O)oc(C)cc2=O)C(=O)C=C1.O.[Cl][Ru]. The molecule has 0 spiro atoms. The van der Waals surface area contributed by atoms with E-state index in [1.165, 1.54) is 12.1 Å². The second-order valence-corrected chi connectivity index (χ2v) is 7.29. The average molecular weight is 553 g/mol. The van der Waals surface area contributed by atoms with Gasteiger partial charge in [0.15, 0.2) is 11.2 Å². The molecule has 4 N–H and O–H groups in total. The molecule has 3 rings (SSSR count). The average Bonchev–Trinajstić information content (AvgIpc) is 2.75. The summed E-state index contributed by atoms with van der Waals surface area (Å²) < 4.78 is 10.4. The quantitative estimate of drug-likeness (QED) is 0.328. The van der Waals surface area contributed by atoms with Crippen molar-refractivity contribution < 1.29 is 41.8 Å². The minimum atomic E-state index is -0.407. The van der Waals surface area contributed by atoms with Crippen molar-refractivity contribution in [2.75, 3.05) is 7.11 Å². The number of rotatable bonds is 5. The van der Waals surface area contributed by atoms with E-state index in [0.29, 0.717) is 22.8 Å². The van der Waals surface area contributed by atoms with Gasteiger partial charge < -0.3 is 25.1 Å². The molecule has 0 aromatic carbocycles. The van der Waals surface area contributed by atoms with Gasteiger partial charge in [0.05, 0.1) is 18.9 Å². The number of halogens is 1. The third kappa shape index (κ3) is 7.15. The van der Waals surface area contributed by atoms with Crippen LogP contribution in [0.25, 0.3) is 0 Å². The first kappa shape index (κ1) is 27.8. The van der Waals surface area contributed by atoms with Crippen molar-refractivity contribution in [1.29, 1.82) is 0 Å². The van der Waals surface area contributed by atoms with Crippen LogP contribution in [-0.4, -0.2) is 41.3 Å². The number of methoxy groups -OCH3 is 1. The Balaban J connectivity index is 0.00000166. The normalized spacial score (nSPS) is 21.8. The maximum atomic E-state index is 12.3. The molecule has 0 radical (unpaired) electrons. The molecule has 0 amide bonds. The van der Waals surface area contributed by atoms with Gasteiger partial charge in [-0.25, -0.2) is 0 Å². The molecule has 2 aliphatic carbocycles. The van der Waals surface area contributed by atoms with Gasteiger partial charge in [-0.2, -0.15) is 0 Å². The van der Waals surface area contributed by atoms with Crippen LogP contribution in [0.2, 0.25) is 0 Å². The summed E-state index contributed by atoms with van der Waals surface area (Å²) >= 11 is 1.82. The van der Waals surface area contributed by atoms with Crippen LogP contribution in [0.5, 0.6) is 5.95 Å². The molecular weight excluding hydrogens is 525 g/mol. The Morgan fingerprint density at radius 1 is 1.31 bits per heavy atom. The minimum absolute atomic E-state index is 0. The Labute approximate surface area is 201 Å². The number of allylic oxidation sites excluding steroid dienone is 4. The number of hydrogen-bond donors (Lipinski definition) is 2. The second kappa shape index (κ2) is 13.4. The Kier molecular flexibility index (Phi) is 11.6. The molecule has 1 aromatic heterocycles. The van der Waals surface area contributed by atoms with Crippen LogP contribution in [-0.2, 0) is 26.8 Å². The van der Waals surface area contributed by atoms with Gasteiger partial charge in [0.25, 0.3) is 5.95 Å². The molecule has 1 fully saturated rings. The summed E-state index contributed by atoms with van der Waals surface area (Å²) in [5.74, 6) is 0.471. The summed E-state index contributed by atoms with van der Waals surface area (Å²) in [6.45, 7) is 3.31. The van der Waals surface area contributed by atoms with Gasteiger partial charge in [0, 0.05) is 23.9 Å². The maximum absolute atomic E-state index is 12.3. The summed E-state index contributed by atoms with van der Waals surface area (Å²) in [4.78, 5) is 29.1. The first-order chi connectivity index (χ1) is 14.9. The third-order valence-corrected chi connectivity index (χ3v) is 5.17. The Morgan fingerprint density at radius 2 is 2.00 bits per heavy atom. The summed E-state index contributed by atoms with van der Waals surface area (Å²) in [5, 5.41) is 13.4. The van der Waals surface area contributed by atoms with Crippen molar-refractivity contribution in [2.45, 2.75) is 51.6 Å². The Morgan fingerprint density at radius 3 is 2.66 bits per heavy atom. The monoisotopic (exact) mass is 553 g/mol. The topological polar surface area (TPSA) is 133 Å². The number of carbonyl (C=O) groups excluding carboxylic acids is 1. The zero-order chi connectivity index (χ0) is 23.0. The molecule has 1 heterocycles. The number of aromatic hydroxyl groups is 1. The summed E-state index contributed by atoms with van der Waals surface area (Å²) in [6, 6.07) is 1.28. The number of hydrogen-bond acceptors (Lipinski definition) is 7. The van der Waals surface area contributed by atoms with E-state index >= 15 is 0 Å². The van der Waals surface area contributed by atoms with E-state index in [9.17, 15) is 14.7 Å². The summed E-state index contributed by atoms with van der Waals surface area (Å²) in [7, 11) is 6.13. The van der Waals surface area contributed by atoms with E-state index in [1.807, 2.05) is 17.3 Å². The van der Waals surface area contributed by atoms with Gasteiger partial charge in [0.1, 0.15) is 17.1 Å². The standard InChI is InChI=1S/C22H26N2O5.ClH.H2O.Ru/c1-13-10-20(26)21(22(27)29-13)14(2)24-18-7-5-4-6-17(18)23-12-15-11-16(28-3)8-9-19(15)25;;;/h8-12,17-18,23,27H,4-7H2,1-3H3;1H;1H2;/q;;;+1/p-1/b15-12-,24-14?;;;/t17-,18-;;;/m1.../s1. The van der Waals surface area contributed by atoms with E-state index < -0.39 is 5.95 Å². The van der Waals surface area contributed by atoms with E-state index in [4.69, 9.17) is 14.1 Å². The van der Waals surface area contributed by atoms with Crippen molar-refractivity contribution in [1.82, 2.24) is 5.32 Å². The molecule has 0 saturated heterocycles. The van der Waals surface area contributed by atoms with E-state index in [2.05, 4.69) is 15.0 Å². The number of nitrogens with zero attached hydrogens (tertiary/aromatic N) is 1. The fraction of sp³-hybridized carbons (Fsp3) is 0.409. The summed E-state index contributed by atoms with van der Waals surface area (Å²) in [6.07, 6.45) is 10.3. The van der Waals surface area contributed by atoms with Crippen molar-refractivity contribution in [3.8, 4) is 5.95 Å². The molecule has 2 aliphatic rings. The Bertz CT molecular complexity index is 983. The van der Waals surface area contributed by atoms with Gasteiger partial charge in [-0.3, -0.25) is 14.6 Å². The van der Waals surface area contributed by atoms with Crippen LogP contribution >= 0.6 is 9.69 Å². The predicted octanol–water partition coefficient (Wildman–Crippen LogP) is 2.78. The number of nitrogens with one attached hydrogen (secondary N) is 1. The molecule has 10 heteroatoms.